The number of carboxylic acids is 1. The molecule has 0 aliphatic carbocycles. The van der Waals surface area contributed by atoms with E-state index in [-0.39, 0.29) is 0 Å². The first-order valence-electron chi connectivity index (χ1n) is 9.01. The number of nitriles is 1. The van der Waals surface area contributed by atoms with E-state index in [1.54, 1.807) is 26.1 Å². The van der Waals surface area contributed by atoms with Crippen molar-refractivity contribution in [1.82, 2.24) is 10.2 Å². The summed E-state index contributed by atoms with van der Waals surface area (Å²) in [5.41, 5.74) is 2.20. The Morgan fingerprint density at radius 1 is 1.07 bits per heavy atom. The maximum absolute atomic E-state index is 11.5. The van der Waals surface area contributed by atoms with Gasteiger partial charge in [0, 0.05) is 26.6 Å². The molecule has 6 heteroatoms. The maximum Gasteiger partial charge on any atom is 0.319 e. The summed E-state index contributed by atoms with van der Waals surface area (Å²) in [5.74, 6) is -0.867. The second-order valence-corrected chi connectivity index (χ2v) is 8.87. The average Bonchev–Trinajstić information content (AvgIpc) is 2.72. The predicted molar refractivity (Wildman–Crippen MR) is 115 cm³/mol. The molecule has 0 aliphatic heterocycles. The van der Waals surface area contributed by atoms with Crippen LogP contribution in [0.5, 0.6) is 0 Å². The molecule has 0 saturated carbocycles. The van der Waals surface area contributed by atoms with Crippen LogP contribution in [-0.4, -0.2) is 26.0 Å². The van der Waals surface area contributed by atoms with Crippen LogP contribution in [0.3, 0.4) is 0 Å². The van der Waals surface area contributed by atoms with Crippen LogP contribution >= 0.6 is 11.8 Å². The van der Waals surface area contributed by atoms with Crippen LogP contribution in [0.4, 0.5) is 0 Å². The Hall–Kier alpha value is -3.43. The second kappa shape index (κ2) is 7.19. The minimum Gasteiger partial charge on any atom is -0.480 e. The van der Waals surface area contributed by atoms with Crippen LogP contribution in [0.25, 0.3) is 32.8 Å². The Labute approximate surface area is 172 Å². The third-order valence-electron chi connectivity index (χ3n) is 4.82. The molecule has 4 aromatic rings. The van der Waals surface area contributed by atoms with Crippen molar-refractivity contribution < 1.29 is 9.90 Å². The Morgan fingerprint density at radius 2 is 1.83 bits per heavy atom. The van der Waals surface area contributed by atoms with E-state index < -0.39 is 10.7 Å². The number of aliphatic carboxylic acids is 1. The number of fused-ring (bicyclic) bond motifs is 2. The number of hydrogen-bond donors (Lipinski definition) is 1. The lowest BCUT2D eigenvalue weighted by molar-refractivity contribution is -0.138. The summed E-state index contributed by atoms with van der Waals surface area (Å²) in [6.45, 7) is 3.37. The summed E-state index contributed by atoms with van der Waals surface area (Å²) >= 11 is 1.29. The van der Waals surface area contributed by atoms with Crippen molar-refractivity contribution in [2.45, 2.75) is 23.5 Å². The molecule has 142 valence electrons. The Morgan fingerprint density at radius 3 is 2.55 bits per heavy atom. The number of aromatic nitrogens is 2. The molecular weight excluding hydrogens is 382 g/mol. The summed E-state index contributed by atoms with van der Waals surface area (Å²) in [6, 6.07) is 19.5. The number of hydrogen-bond acceptors (Lipinski definition) is 5. The fraction of sp³-hybridized carbons (Fsp3) is 0.130. The number of benzene rings is 3. The SMILES string of the molecule is CC(C)(Sc1ccc2cnnc(-c3ccc(C#N)c4ccccc34)c2c1)C(=O)O. The summed E-state index contributed by atoms with van der Waals surface area (Å²) in [5, 5.41) is 31.0. The number of nitrogens with zero attached hydrogens (tertiary/aromatic N) is 3. The van der Waals surface area contributed by atoms with Gasteiger partial charge in [-0.2, -0.15) is 10.4 Å². The molecule has 29 heavy (non-hydrogen) atoms. The highest BCUT2D eigenvalue weighted by Gasteiger charge is 2.28. The molecule has 0 radical (unpaired) electrons. The molecule has 1 N–H and O–H groups in total. The molecular formula is C23H17N3O2S. The van der Waals surface area contributed by atoms with Crippen molar-refractivity contribution >= 4 is 39.3 Å². The van der Waals surface area contributed by atoms with Crippen molar-refractivity contribution in [3.8, 4) is 17.3 Å². The number of carbonyl (C=O) groups is 1. The number of rotatable bonds is 4. The summed E-state index contributed by atoms with van der Waals surface area (Å²) in [4.78, 5) is 12.4. The van der Waals surface area contributed by atoms with Crippen molar-refractivity contribution in [2.75, 3.05) is 0 Å². The Balaban J connectivity index is 1.94. The molecule has 0 atom stereocenters. The minimum absolute atomic E-state index is 0.608. The van der Waals surface area contributed by atoms with E-state index in [0.717, 1.165) is 32.0 Å². The fourth-order valence-electron chi connectivity index (χ4n) is 3.26. The molecule has 5 nitrogen and oxygen atoms in total. The molecule has 0 spiro atoms. The summed E-state index contributed by atoms with van der Waals surface area (Å²) < 4.78 is -0.949. The third-order valence-corrected chi connectivity index (χ3v) is 6.00. The van der Waals surface area contributed by atoms with Crippen LogP contribution in [0.1, 0.15) is 19.4 Å². The average molecular weight is 399 g/mol. The van der Waals surface area contributed by atoms with Crippen molar-refractivity contribution in [2.24, 2.45) is 0 Å². The first-order valence-corrected chi connectivity index (χ1v) is 9.82. The Bertz CT molecular complexity index is 1310. The van der Waals surface area contributed by atoms with E-state index in [1.165, 1.54) is 11.8 Å². The highest BCUT2D eigenvalue weighted by Crippen LogP contribution is 2.37. The van der Waals surface area contributed by atoms with Gasteiger partial charge in [0.05, 0.1) is 17.8 Å². The van der Waals surface area contributed by atoms with Gasteiger partial charge in [-0.1, -0.05) is 36.4 Å². The lowest BCUT2D eigenvalue weighted by atomic mass is 9.96. The first kappa shape index (κ1) is 18.9. The number of carboxylic acid groups (broad SMARTS) is 1. The third kappa shape index (κ3) is 3.41. The minimum atomic E-state index is -0.949. The molecule has 0 bridgehead atoms. The van der Waals surface area contributed by atoms with Gasteiger partial charge in [-0.3, -0.25) is 4.79 Å². The lowest BCUT2D eigenvalue weighted by Gasteiger charge is -2.18. The zero-order valence-corrected chi connectivity index (χ0v) is 16.7. The van der Waals surface area contributed by atoms with Crippen LogP contribution in [-0.2, 0) is 4.79 Å². The first-order chi connectivity index (χ1) is 13.9. The smallest absolute Gasteiger partial charge is 0.319 e. The van der Waals surface area contributed by atoms with Crippen LogP contribution in [0.2, 0.25) is 0 Å². The van der Waals surface area contributed by atoms with Gasteiger partial charge in [0.15, 0.2) is 0 Å². The zero-order valence-electron chi connectivity index (χ0n) is 15.9. The van der Waals surface area contributed by atoms with Gasteiger partial charge in [0.1, 0.15) is 10.4 Å². The van der Waals surface area contributed by atoms with Crippen molar-refractivity contribution in [3.05, 3.63) is 66.4 Å². The largest absolute Gasteiger partial charge is 0.480 e. The van der Waals surface area contributed by atoms with Gasteiger partial charge >= 0.3 is 5.97 Å². The predicted octanol–water partition coefficient (Wildman–Crippen LogP) is 5.28. The number of thioether (sulfide) groups is 1. The molecule has 4 rings (SSSR count). The van der Waals surface area contributed by atoms with Crippen molar-refractivity contribution in [3.63, 3.8) is 0 Å². The molecule has 1 aromatic heterocycles. The van der Waals surface area contributed by atoms with E-state index in [9.17, 15) is 15.2 Å². The van der Waals surface area contributed by atoms with Crippen LogP contribution < -0.4 is 0 Å². The zero-order chi connectivity index (χ0) is 20.6. The second-order valence-electron chi connectivity index (χ2n) is 7.18. The van der Waals surface area contributed by atoms with Gasteiger partial charge in [-0.15, -0.1) is 16.9 Å². The van der Waals surface area contributed by atoms with Gasteiger partial charge in [0.2, 0.25) is 0 Å². The van der Waals surface area contributed by atoms with Crippen LogP contribution in [0, 0.1) is 11.3 Å². The van der Waals surface area contributed by atoms with Gasteiger partial charge in [-0.25, -0.2) is 0 Å². The molecule has 0 saturated heterocycles. The topological polar surface area (TPSA) is 86.9 Å². The monoisotopic (exact) mass is 399 g/mol. The van der Waals surface area contributed by atoms with Gasteiger partial charge < -0.3 is 5.11 Å². The van der Waals surface area contributed by atoms with E-state index in [4.69, 9.17) is 0 Å². The molecule has 3 aromatic carbocycles. The highest BCUT2D eigenvalue weighted by molar-refractivity contribution is 8.01. The fourth-order valence-corrected chi connectivity index (χ4v) is 4.25. The highest BCUT2D eigenvalue weighted by atomic mass is 32.2. The van der Waals surface area contributed by atoms with E-state index in [2.05, 4.69) is 16.3 Å². The standard InChI is InChI=1S/C23H17N3O2S/c1-23(2,22(27)28)29-16-9-7-15-13-25-26-21(20(15)11-16)19-10-8-14(12-24)17-5-3-4-6-18(17)19/h3-11,13H,1-2H3,(H,27,28). The van der Waals surface area contributed by atoms with Crippen molar-refractivity contribution in [1.29, 1.82) is 5.26 Å². The molecule has 1 heterocycles. The molecule has 0 aliphatic rings. The Kier molecular flexibility index (Phi) is 4.69. The lowest BCUT2D eigenvalue weighted by Crippen LogP contribution is -2.26. The maximum atomic E-state index is 11.5. The van der Waals surface area contributed by atoms with E-state index in [0.29, 0.717) is 11.3 Å². The van der Waals surface area contributed by atoms with E-state index in [1.807, 2.05) is 48.5 Å². The summed E-state index contributed by atoms with van der Waals surface area (Å²) in [7, 11) is 0. The van der Waals surface area contributed by atoms with E-state index >= 15 is 0 Å². The molecule has 0 unspecified atom stereocenters. The molecule has 0 amide bonds. The summed E-state index contributed by atoms with van der Waals surface area (Å²) in [6.07, 6.45) is 1.70. The quantitative estimate of drug-likeness (QED) is 0.470. The van der Waals surface area contributed by atoms with Crippen LogP contribution in [0.15, 0.2) is 65.7 Å². The van der Waals surface area contributed by atoms with Gasteiger partial charge in [0.25, 0.3) is 0 Å². The molecule has 0 fully saturated rings. The normalized spacial score (nSPS) is 11.5. The van der Waals surface area contributed by atoms with Gasteiger partial charge in [-0.05, 0) is 37.4 Å².